The quantitative estimate of drug-likeness (QED) is 0.330. The summed E-state index contributed by atoms with van der Waals surface area (Å²) < 4.78 is 2.01. The van der Waals surface area contributed by atoms with Gasteiger partial charge in [0.15, 0.2) is 17.0 Å². The first-order chi connectivity index (χ1) is 17.6. The Morgan fingerprint density at radius 1 is 1.17 bits per heavy atom. The van der Waals surface area contributed by atoms with Gasteiger partial charge in [-0.3, -0.25) is 4.79 Å². The van der Waals surface area contributed by atoms with Gasteiger partial charge in [-0.05, 0) is 32.4 Å². The molecule has 0 spiro atoms. The normalized spacial score (nSPS) is 17.5. The van der Waals surface area contributed by atoms with Gasteiger partial charge in [0.05, 0.1) is 12.2 Å². The predicted molar refractivity (Wildman–Crippen MR) is 134 cm³/mol. The molecule has 0 bridgehead atoms. The van der Waals surface area contributed by atoms with E-state index in [-0.39, 0.29) is 25.1 Å². The molecule has 12 heteroatoms. The van der Waals surface area contributed by atoms with E-state index in [9.17, 15) is 4.79 Å². The second kappa shape index (κ2) is 10.2. The van der Waals surface area contributed by atoms with Gasteiger partial charge in [-0.2, -0.15) is 0 Å². The summed E-state index contributed by atoms with van der Waals surface area (Å²) >= 11 is 0. The number of anilines is 2. The largest absolute Gasteiger partial charge is 0.395 e. The van der Waals surface area contributed by atoms with Gasteiger partial charge in [-0.25, -0.2) is 29.9 Å². The molecular weight excluding hydrogens is 460 g/mol. The van der Waals surface area contributed by atoms with Crippen LogP contribution in [0, 0.1) is 6.92 Å². The minimum Gasteiger partial charge on any atom is -0.395 e. The van der Waals surface area contributed by atoms with Crippen molar-refractivity contribution in [1.82, 2.24) is 39.8 Å². The molecule has 0 aromatic carbocycles. The molecular formula is C24H28N10O2. The van der Waals surface area contributed by atoms with E-state index in [0.717, 1.165) is 17.2 Å². The Kier molecular flexibility index (Phi) is 6.67. The molecule has 12 nitrogen and oxygen atoms in total. The third kappa shape index (κ3) is 4.54. The van der Waals surface area contributed by atoms with Gasteiger partial charge in [-0.1, -0.05) is 6.07 Å². The summed E-state index contributed by atoms with van der Waals surface area (Å²) in [6.07, 6.45) is 7.28. The zero-order chi connectivity index (χ0) is 25.1. The van der Waals surface area contributed by atoms with Crippen LogP contribution in [0.25, 0.3) is 22.6 Å². The number of hydrogen-bond acceptors (Lipinski definition) is 10. The molecule has 1 saturated heterocycles. The number of aryl methyl sites for hydroxylation is 2. The monoisotopic (exact) mass is 488 g/mol. The van der Waals surface area contributed by atoms with Gasteiger partial charge in [0, 0.05) is 44.3 Å². The van der Waals surface area contributed by atoms with E-state index in [0.29, 0.717) is 42.3 Å². The van der Waals surface area contributed by atoms with Crippen molar-refractivity contribution in [3.63, 3.8) is 0 Å². The van der Waals surface area contributed by atoms with Crippen LogP contribution >= 0.6 is 0 Å². The fourth-order valence-electron chi connectivity index (χ4n) is 4.53. The summed E-state index contributed by atoms with van der Waals surface area (Å²) in [7, 11) is 0. The molecule has 0 aliphatic carbocycles. The number of hydrogen-bond donors (Lipinski definition) is 3. The molecule has 2 unspecified atom stereocenters. The van der Waals surface area contributed by atoms with Crippen molar-refractivity contribution in [2.45, 2.75) is 38.9 Å². The average molecular weight is 489 g/mol. The third-order valence-corrected chi connectivity index (χ3v) is 6.19. The number of pyridine rings is 1. The highest BCUT2D eigenvalue weighted by Gasteiger charge is 2.38. The predicted octanol–water partition coefficient (Wildman–Crippen LogP) is 1.17. The number of carbonyl (C=O) groups excluding carboxylic acids is 1. The van der Waals surface area contributed by atoms with Crippen molar-refractivity contribution >= 4 is 28.7 Å². The fraction of sp³-hybridized carbons (Fsp3) is 0.375. The lowest BCUT2D eigenvalue weighted by Gasteiger charge is -2.24. The maximum atomic E-state index is 12.9. The van der Waals surface area contributed by atoms with Crippen molar-refractivity contribution in [3.8, 4) is 11.4 Å². The van der Waals surface area contributed by atoms with Gasteiger partial charge in [0.25, 0.3) is 0 Å². The Hall–Kier alpha value is -4.19. The van der Waals surface area contributed by atoms with Crippen LogP contribution in [-0.4, -0.2) is 77.3 Å². The first-order valence-electron chi connectivity index (χ1n) is 11.9. The van der Waals surface area contributed by atoms with Crippen LogP contribution in [0.3, 0.4) is 0 Å². The van der Waals surface area contributed by atoms with Crippen LogP contribution in [0.15, 0.2) is 43.1 Å². The number of nitrogens with one attached hydrogen (secondary N) is 2. The number of aromatic nitrogens is 7. The highest BCUT2D eigenvalue weighted by Crippen LogP contribution is 2.30. The first-order valence-corrected chi connectivity index (χ1v) is 11.9. The summed E-state index contributed by atoms with van der Waals surface area (Å²) in [5.74, 6) is 2.58. The van der Waals surface area contributed by atoms with Crippen LogP contribution in [0.2, 0.25) is 0 Å². The lowest BCUT2D eigenvalue weighted by Crippen LogP contribution is -2.44. The lowest BCUT2D eigenvalue weighted by molar-refractivity contribution is -0.122. The summed E-state index contributed by atoms with van der Waals surface area (Å²) in [4.78, 5) is 41.8. The molecule has 4 aromatic heterocycles. The summed E-state index contributed by atoms with van der Waals surface area (Å²) in [6, 6.07) is 5.10. The van der Waals surface area contributed by atoms with Crippen molar-refractivity contribution in [2.24, 2.45) is 0 Å². The van der Waals surface area contributed by atoms with Gasteiger partial charge in [0.2, 0.25) is 5.91 Å². The van der Waals surface area contributed by atoms with Crippen molar-refractivity contribution in [2.75, 3.05) is 29.9 Å². The van der Waals surface area contributed by atoms with Crippen LogP contribution in [-0.2, 0) is 11.3 Å². The van der Waals surface area contributed by atoms with E-state index >= 15 is 0 Å². The zero-order valence-corrected chi connectivity index (χ0v) is 20.2. The molecule has 5 rings (SSSR count). The molecule has 0 radical (unpaired) electrons. The van der Waals surface area contributed by atoms with Gasteiger partial charge in [0.1, 0.15) is 29.8 Å². The smallest absolute Gasteiger partial charge is 0.242 e. The molecule has 4 aromatic rings. The zero-order valence-electron chi connectivity index (χ0n) is 20.2. The molecule has 1 aliphatic heterocycles. The SMILES string of the molecule is CCn1c(-c2cnc(C)nc2)nc2c(NC3CC(C(=O)NCCO)N(c4ccccn4)C3)ncnc21. The number of aliphatic hydroxyl groups excluding tert-OH is 1. The van der Waals surface area contributed by atoms with Crippen molar-refractivity contribution in [1.29, 1.82) is 0 Å². The number of aliphatic hydroxyl groups is 1. The molecule has 186 valence electrons. The topological polar surface area (TPSA) is 147 Å². The second-order valence-electron chi connectivity index (χ2n) is 8.54. The van der Waals surface area contributed by atoms with E-state index < -0.39 is 6.04 Å². The minimum atomic E-state index is -0.435. The minimum absolute atomic E-state index is 0.0899. The van der Waals surface area contributed by atoms with Gasteiger partial charge >= 0.3 is 0 Å². The fourth-order valence-corrected chi connectivity index (χ4v) is 4.53. The molecule has 2 atom stereocenters. The molecule has 0 saturated carbocycles. The van der Waals surface area contributed by atoms with Crippen LogP contribution < -0.4 is 15.5 Å². The van der Waals surface area contributed by atoms with Gasteiger partial charge in [-0.15, -0.1) is 0 Å². The number of rotatable bonds is 8. The summed E-state index contributed by atoms with van der Waals surface area (Å²) in [5.41, 5.74) is 2.16. The average Bonchev–Trinajstić information content (AvgIpc) is 3.50. The van der Waals surface area contributed by atoms with Gasteiger partial charge < -0.3 is 25.2 Å². The molecule has 3 N–H and O–H groups in total. The molecule has 5 heterocycles. The molecule has 36 heavy (non-hydrogen) atoms. The summed E-state index contributed by atoms with van der Waals surface area (Å²) in [5, 5.41) is 15.4. The number of nitrogens with zero attached hydrogens (tertiary/aromatic N) is 8. The van der Waals surface area contributed by atoms with Crippen LogP contribution in [0.1, 0.15) is 19.2 Å². The standard InChI is InChI=1S/C24H28N10O2/c1-3-33-22(16-11-27-15(2)28-12-16)32-20-21(29-14-30-23(20)33)31-17-10-18(24(36)26-8-9-35)34(13-17)19-6-4-5-7-25-19/h4-7,11-12,14,17-18,35H,3,8-10,13H2,1-2H3,(H,26,36)(H,29,30,31). The first kappa shape index (κ1) is 23.5. The highest BCUT2D eigenvalue weighted by molar-refractivity contribution is 5.88. The lowest BCUT2D eigenvalue weighted by atomic mass is 10.1. The number of carbonyl (C=O) groups is 1. The maximum absolute atomic E-state index is 12.9. The van der Waals surface area contributed by atoms with Crippen LogP contribution in [0.4, 0.5) is 11.6 Å². The second-order valence-corrected chi connectivity index (χ2v) is 8.54. The van der Waals surface area contributed by atoms with E-state index in [4.69, 9.17) is 10.1 Å². The Bertz CT molecular complexity index is 1340. The highest BCUT2D eigenvalue weighted by atomic mass is 16.3. The van der Waals surface area contributed by atoms with E-state index in [1.807, 2.05) is 41.5 Å². The Morgan fingerprint density at radius 3 is 2.72 bits per heavy atom. The summed E-state index contributed by atoms with van der Waals surface area (Å²) in [6.45, 7) is 5.18. The van der Waals surface area contributed by atoms with E-state index in [1.165, 1.54) is 6.33 Å². The molecule has 1 aliphatic rings. The molecule has 1 fully saturated rings. The van der Waals surface area contributed by atoms with Crippen molar-refractivity contribution in [3.05, 3.63) is 48.9 Å². The van der Waals surface area contributed by atoms with Crippen molar-refractivity contribution < 1.29 is 9.90 Å². The van der Waals surface area contributed by atoms with E-state index in [1.54, 1.807) is 18.6 Å². The molecule has 1 amide bonds. The third-order valence-electron chi connectivity index (χ3n) is 6.19. The maximum Gasteiger partial charge on any atom is 0.242 e. The Morgan fingerprint density at radius 2 is 2.00 bits per heavy atom. The number of imidazole rings is 1. The number of amides is 1. The van der Waals surface area contributed by atoms with E-state index in [2.05, 4.69) is 35.6 Å². The number of fused-ring (bicyclic) bond motifs is 1. The Labute approximate surface area is 207 Å². The Balaban J connectivity index is 1.45. The van der Waals surface area contributed by atoms with Crippen LogP contribution in [0.5, 0.6) is 0 Å².